The Hall–Kier alpha value is -4.06. The number of carbonyl (C=O) groups is 2. The number of hydrogen-bond acceptors (Lipinski definition) is 5. The molecule has 3 aromatic carbocycles. The van der Waals surface area contributed by atoms with Gasteiger partial charge in [-0.2, -0.15) is 0 Å². The maximum absolute atomic E-state index is 13.6. The second-order valence-electron chi connectivity index (χ2n) is 7.75. The SMILES string of the molecule is COc1ccccc1C1=C(Nc2ccccc2C)C(=O)N(c2ccc(N(C)C)cc2)C1=O. The van der Waals surface area contributed by atoms with Crippen LogP contribution in [0.1, 0.15) is 11.1 Å². The zero-order valence-corrected chi connectivity index (χ0v) is 18.5. The number of anilines is 3. The van der Waals surface area contributed by atoms with Crippen molar-refractivity contribution in [1.82, 2.24) is 0 Å². The molecule has 1 aliphatic rings. The molecule has 0 saturated carbocycles. The van der Waals surface area contributed by atoms with Crippen molar-refractivity contribution in [1.29, 1.82) is 0 Å². The van der Waals surface area contributed by atoms with Gasteiger partial charge in [-0.05, 0) is 48.9 Å². The first-order valence-corrected chi connectivity index (χ1v) is 10.3. The summed E-state index contributed by atoms with van der Waals surface area (Å²) in [5.74, 6) is -0.275. The number of para-hydroxylation sites is 2. The third-order valence-corrected chi connectivity index (χ3v) is 5.49. The van der Waals surface area contributed by atoms with E-state index in [2.05, 4.69) is 5.32 Å². The van der Waals surface area contributed by atoms with Gasteiger partial charge in [0.25, 0.3) is 11.8 Å². The smallest absolute Gasteiger partial charge is 0.282 e. The average molecular weight is 428 g/mol. The summed E-state index contributed by atoms with van der Waals surface area (Å²) in [6.07, 6.45) is 0. The van der Waals surface area contributed by atoms with Crippen LogP contribution in [0.5, 0.6) is 5.75 Å². The molecule has 162 valence electrons. The summed E-state index contributed by atoms with van der Waals surface area (Å²) >= 11 is 0. The minimum absolute atomic E-state index is 0.227. The maximum atomic E-state index is 13.6. The third kappa shape index (κ3) is 3.71. The van der Waals surface area contributed by atoms with Crippen molar-refractivity contribution in [3.63, 3.8) is 0 Å². The number of nitrogens with zero attached hydrogens (tertiary/aromatic N) is 2. The Bertz CT molecular complexity index is 1210. The first kappa shape index (κ1) is 21.2. The van der Waals surface area contributed by atoms with Crippen LogP contribution < -0.4 is 19.9 Å². The molecular weight excluding hydrogens is 402 g/mol. The van der Waals surface area contributed by atoms with Gasteiger partial charge in [0.05, 0.1) is 18.4 Å². The highest BCUT2D eigenvalue weighted by atomic mass is 16.5. The van der Waals surface area contributed by atoms with Gasteiger partial charge >= 0.3 is 0 Å². The van der Waals surface area contributed by atoms with Gasteiger partial charge in [0.1, 0.15) is 11.4 Å². The van der Waals surface area contributed by atoms with Crippen LogP contribution in [0.25, 0.3) is 5.57 Å². The Kier molecular flexibility index (Phi) is 5.69. The number of methoxy groups -OCH3 is 1. The monoisotopic (exact) mass is 427 g/mol. The molecule has 0 fully saturated rings. The Morgan fingerprint density at radius 1 is 0.844 bits per heavy atom. The third-order valence-electron chi connectivity index (χ3n) is 5.49. The first-order valence-electron chi connectivity index (χ1n) is 10.3. The predicted octanol–water partition coefficient (Wildman–Crippen LogP) is 4.47. The molecule has 1 heterocycles. The summed E-state index contributed by atoms with van der Waals surface area (Å²) in [6.45, 7) is 1.95. The van der Waals surface area contributed by atoms with E-state index >= 15 is 0 Å². The highest BCUT2D eigenvalue weighted by molar-refractivity contribution is 6.46. The number of imide groups is 1. The van der Waals surface area contributed by atoms with Crippen LogP contribution >= 0.6 is 0 Å². The highest BCUT2D eigenvalue weighted by Gasteiger charge is 2.41. The van der Waals surface area contributed by atoms with Crippen LogP contribution in [-0.4, -0.2) is 33.0 Å². The maximum Gasteiger partial charge on any atom is 0.282 e. The summed E-state index contributed by atoms with van der Waals surface area (Å²) < 4.78 is 5.50. The fourth-order valence-corrected chi connectivity index (χ4v) is 3.73. The largest absolute Gasteiger partial charge is 0.496 e. The van der Waals surface area contributed by atoms with Gasteiger partial charge in [-0.3, -0.25) is 9.59 Å². The number of aryl methyl sites for hydroxylation is 1. The number of amides is 2. The first-order chi connectivity index (χ1) is 15.4. The van der Waals surface area contributed by atoms with Crippen LogP contribution in [0, 0.1) is 6.92 Å². The van der Waals surface area contributed by atoms with Crippen LogP contribution in [0.15, 0.2) is 78.5 Å². The van der Waals surface area contributed by atoms with Crippen LogP contribution in [0.2, 0.25) is 0 Å². The van der Waals surface area contributed by atoms with E-state index in [0.29, 0.717) is 17.0 Å². The number of hydrogen-bond donors (Lipinski definition) is 1. The molecule has 32 heavy (non-hydrogen) atoms. The van der Waals surface area contributed by atoms with E-state index < -0.39 is 11.8 Å². The minimum Gasteiger partial charge on any atom is -0.496 e. The molecule has 0 bridgehead atoms. The van der Waals surface area contributed by atoms with Gasteiger partial charge in [-0.1, -0.05) is 36.4 Å². The van der Waals surface area contributed by atoms with Crippen molar-refractivity contribution < 1.29 is 14.3 Å². The zero-order chi connectivity index (χ0) is 22.8. The molecule has 0 unspecified atom stereocenters. The molecule has 0 radical (unpaired) electrons. The molecule has 0 aliphatic carbocycles. The second kappa shape index (κ2) is 8.59. The lowest BCUT2D eigenvalue weighted by molar-refractivity contribution is -0.120. The van der Waals surface area contributed by atoms with Crippen molar-refractivity contribution in [2.45, 2.75) is 6.92 Å². The molecule has 1 aliphatic heterocycles. The lowest BCUT2D eigenvalue weighted by atomic mass is 10.0. The van der Waals surface area contributed by atoms with Crippen molar-refractivity contribution in [2.75, 3.05) is 36.3 Å². The summed E-state index contributed by atoms with van der Waals surface area (Å²) in [6, 6.07) is 22.2. The van der Waals surface area contributed by atoms with Gasteiger partial charge < -0.3 is 15.0 Å². The van der Waals surface area contributed by atoms with E-state index in [9.17, 15) is 9.59 Å². The number of rotatable bonds is 6. The Morgan fingerprint density at radius 2 is 1.50 bits per heavy atom. The van der Waals surface area contributed by atoms with E-state index in [-0.39, 0.29) is 11.3 Å². The second-order valence-corrected chi connectivity index (χ2v) is 7.75. The van der Waals surface area contributed by atoms with E-state index in [0.717, 1.165) is 16.9 Å². The minimum atomic E-state index is -0.406. The average Bonchev–Trinajstić information content (AvgIpc) is 3.04. The Balaban J connectivity index is 1.84. The molecule has 0 aromatic heterocycles. The van der Waals surface area contributed by atoms with Crippen molar-refractivity contribution in [3.8, 4) is 5.75 Å². The van der Waals surface area contributed by atoms with Gasteiger partial charge in [-0.25, -0.2) is 4.90 Å². The van der Waals surface area contributed by atoms with E-state index in [1.165, 1.54) is 4.90 Å². The van der Waals surface area contributed by atoms with Gasteiger partial charge in [0, 0.05) is 31.0 Å². The van der Waals surface area contributed by atoms with E-state index in [1.807, 2.05) is 74.4 Å². The predicted molar refractivity (Wildman–Crippen MR) is 128 cm³/mol. The summed E-state index contributed by atoms with van der Waals surface area (Å²) in [7, 11) is 5.42. The molecule has 2 amide bonds. The molecule has 0 saturated heterocycles. The summed E-state index contributed by atoms with van der Waals surface area (Å²) in [5.41, 5.74) is 4.30. The van der Waals surface area contributed by atoms with Gasteiger partial charge in [0.2, 0.25) is 0 Å². The molecule has 6 heteroatoms. The van der Waals surface area contributed by atoms with Crippen LogP contribution in [-0.2, 0) is 9.59 Å². The van der Waals surface area contributed by atoms with E-state index in [1.54, 1.807) is 31.4 Å². The number of carbonyl (C=O) groups excluding carboxylic acids is 2. The fourth-order valence-electron chi connectivity index (χ4n) is 3.73. The summed E-state index contributed by atoms with van der Waals surface area (Å²) in [4.78, 5) is 30.4. The van der Waals surface area contributed by atoms with Crippen LogP contribution in [0.4, 0.5) is 17.1 Å². The fraction of sp³-hybridized carbons (Fsp3) is 0.154. The lowest BCUT2D eigenvalue weighted by Crippen LogP contribution is -2.32. The Labute approximate surface area is 187 Å². The normalized spacial score (nSPS) is 13.6. The number of nitrogens with one attached hydrogen (secondary N) is 1. The number of benzene rings is 3. The quantitative estimate of drug-likeness (QED) is 0.589. The molecular formula is C26H25N3O3. The molecule has 0 atom stereocenters. The summed E-state index contributed by atoms with van der Waals surface area (Å²) in [5, 5.41) is 3.22. The molecule has 4 rings (SSSR count). The molecule has 0 spiro atoms. The Morgan fingerprint density at radius 3 is 2.16 bits per heavy atom. The standard InChI is InChI=1S/C26H25N3O3/c1-17-9-5-7-11-21(17)27-24-23(20-10-6-8-12-22(20)32-4)25(30)29(26(24)31)19-15-13-18(14-16-19)28(2)3/h5-16,27H,1-4H3. The topological polar surface area (TPSA) is 61.9 Å². The van der Waals surface area contributed by atoms with Crippen LogP contribution in [0.3, 0.4) is 0 Å². The molecule has 1 N–H and O–H groups in total. The number of ether oxygens (including phenoxy) is 1. The molecule has 3 aromatic rings. The van der Waals surface area contributed by atoms with Crippen molar-refractivity contribution in [2.24, 2.45) is 0 Å². The molecule has 6 nitrogen and oxygen atoms in total. The van der Waals surface area contributed by atoms with Crippen molar-refractivity contribution in [3.05, 3.63) is 89.6 Å². The lowest BCUT2D eigenvalue weighted by Gasteiger charge is -2.18. The van der Waals surface area contributed by atoms with Crippen molar-refractivity contribution >= 4 is 34.4 Å². The van der Waals surface area contributed by atoms with Gasteiger partial charge in [0.15, 0.2) is 0 Å². The van der Waals surface area contributed by atoms with E-state index in [4.69, 9.17) is 4.74 Å². The van der Waals surface area contributed by atoms with Gasteiger partial charge in [-0.15, -0.1) is 0 Å². The zero-order valence-electron chi connectivity index (χ0n) is 18.5. The highest BCUT2D eigenvalue weighted by Crippen LogP contribution is 2.38.